The number of nitrogens with zero attached hydrogens (tertiary/aromatic N) is 7. The first kappa shape index (κ1) is 20.8. The number of aromatic nitrogens is 6. The highest BCUT2D eigenvalue weighted by atomic mass is 16.2. The Morgan fingerprint density at radius 1 is 1.16 bits per heavy atom. The first-order valence-corrected chi connectivity index (χ1v) is 11.7. The zero-order valence-electron chi connectivity index (χ0n) is 19.0. The van der Waals surface area contributed by atoms with Gasteiger partial charge in [-0.25, -0.2) is 24.9 Å². The lowest BCUT2D eigenvalue weighted by Gasteiger charge is -2.29. The van der Waals surface area contributed by atoms with E-state index in [2.05, 4.69) is 37.1 Å². The van der Waals surface area contributed by atoms with Gasteiger partial charge in [0.15, 0.2) is 17.0 Å². The molecule has 3 aromatic rings. The van der Waals surface area contributed by atoms with Crippen LogP contribution < -0.4 is 5.32 Å². The molecular formula is C23H30N8O. The molecule has 0 unspecified atom stereocenters. The summed E-state index contributed by atoms with van der Waals surface area (Å²) < 4.78 is 2.03. The number of carbonyl (C=O) groups excluding carboxylic acids is 1. The van der Waals surface area contributed by atoms with Crippen molar-refractivity contribution in [1.82, 2.24) is 34.4 Å². The SMILES string of the molecule is CC[C@@H](Nc1ncnc2c1nc(-c1cnc(C)nc1)n2CC)C(=O)N1CCC[C@H]1C1CC1. The molecule has 1 aliphatic heterocycles. The molecule has 9 nitrogen and oxygen atoms in total. The summed E-state index contributed by atoms with van der Waals surface area (Å²) in [5, 5.41) is 3.40. The van der Waals surface area contributed by atoms with Crippen molar-refractivity contribution in [3.05, 3.63) is 24.5 Å². The van der Waals surface area contributed by atoms with Gasteiger partial charge in [-0.1, -0.05) is 6.92 Å². The molecule has 9 heteroatoms. The van der Waals surface area contributed by atoms with Gasteiger partial charge in [-0.15, -0.1) is 0 Å². The molecule has 1 aliphatic carbocycles. The lowest BCUT2D eigenvalue weighted by Crippen LogP contribution is -2.45. The van der Waals surface area contributed by atoms with Crippen LogP contribution in [0.2, 0.25) is 0 Å². The van der Waals surface area contributed by atoms with Gasteiger partial charge in [-0.2, -0.15) is 0 Å². The lowest BCUT2D eigenvalue weighted by molar-refractivity contribution is -0.133. The van der Waals surface area contributed by atoms with Gasteiger partial charge in [0.05, 0.1) is 5.56 Å². The van der Waals surface area contributed by atoms with Crippen molar-refractivity contribution in [2.24, 2.45) is 5.92 Å². The summed E-state index contributed by atoms with van der Waals surface area (Å²) in [5.41, 5.74) is 2.23. The van der Waals surface area contributed by atoms with Crippen LogP contribution in [0.4, 0.5) is 5.82 Å². The number of carbonyl (C=O) groups is 1. The maximum atomic E-state index is 13.4. The Balaban J connectivity index is 1.47. The number of nitrogens with one attached hydrogen (secondary N) is 1. The molecule has 5 rings (SSSR count). The summed E-state index contributed by atoms with van der Waals surface area (Å²) in [6, 6.07) is 0.0848. The topological polar surface area (TPSA) is 102 Å². The van der Waals surface area contributed by atoms with E-state index in [1.54, 1.807) is 12.4 Å². The third kappa shape index (κ3) is 3.69. The van der Waals surface area contributed by atoms with Crippen LogP contribution in [0.5, 0.6) is 0 Å². The molecule has 168 valence electrons. The average molecular weight is 435 g/mol. The number of rotatable bonds is 7. The first-order valence-electron chi connectivity index (χ1n) is 11.7. The van der Waals surface area contributed by atoms with E-state index in [1.165, 1.54) is 19.2 Å². The van der Waals surface area contributed by atoms with Gasteiger partial charge in [0.2, 0.25) is 5.91 Å². The number of imidazole rings is 1. The maximum absolute atomic E-state index is 13.4. The van der Waals surface area contributed by atoms with E-state index in [1.807, 2.05) is 18.4 Å². The van der Waals surface area contributed by atoms with Gasteiger partial charge >= 0.3 is 0 Å². The summed E-state index contributed by atoms with van der Waals surface area (Å²) >= 11 is 0. The molecule has 1 saturated carbocycles. The monoisotopic (exact) mass is 434 g/mol. The van der Waals surface area contributed by atoms with E-state index in [9.17, 15) is 4.79 Å². The Kier molecular flexibility index (Phi) is 5.48. The number of likely N-dealkylation sites (tertiary alicyclic amines) is 1. The van der Waals surface area contributed by atoms with E-state index < -0.39 is 0 Å². The molecular weight excluding hydrogens is 404 g/mol. The number of hydrogen-bond acceptors (Lipinski definition) is 7. The van der Waals surface area contributed by atoms with Crippen molar-refractivity contribution >= 4 is 22.9 Å². The van der Waals surface area contributed by atoms with Gasteiger partial charge in [0.25, 0.3) is 0 Å². The standard InChI is InChI=1S/C23H30N8O/c1-4-17(23(32)31-10-6-7-18(31)15-8-9-15)28-20-19-22(27-13-26-20)30(5-2)21(29-19)16-11-24-14(3)25-12-16/h11-13,15,17-18H,4-10H2,1-3H3,(H,26,27,28)/t17-,18+/m1/s1. The Morgan fingerprint density at radius 2 is 1.94 bits per heavy atom. The van der Waals surface area contributed by atoms with Gasteiger partial charge in [-0.05, 0) is 51.9 Å². The highest BCUT2D eigenvalue weighted by molar-refractivity contribution is 5.90. The van der Waals surface area contributed by atoms with E-state index in [-0.39, 0.29) is 11.9 Å². The number of fused-ring (bicyclic) bond motifs is 1. The first-order chi connectivity index (χ1) is 15.6. The molecule has 2 aliphatic rings. The second-order valence-electron chi connectivity index (χ2n) is 8.78. The van der Waals surface area contributed by atoms with Gasteiger partial charge in [0, 0.05) is 31.5 Å². The molecule has 0 aromatic carbocycles. The van der Waals surface area contributed by atoms with E-state index >= 15 is 0 Å². The molecule has 1 N–H and O–H groups in total. The van der Waals surface area contributed by atoms with Crippen molar-refractivity contribution in [2.75, 3.05) is 11.9 Å². The van der Waals surface area contributed by atoms with Crippen LogP contribution in [-0.4, -0.2) is 58.9 Å². The fourth-order valence-electron chi connectivity index (χ4n) is 4.81. The predicted molar refractivity (Wildman–Crippen MR) is 122 cm³/mol. The largest absolute Gasteiger partial charge is 0.356 e. The normalized spacial score (nSPS) is 19.5. The highest BCUT2D eigenvalue weighted by Crippen LogP contribution is 2.40. The Hall–Kier alpha value is -3.10. The Labute approximate surface area is 187 Å². The third-order valence-electron chi connectivity index (χ3n) is 6.65. The number of hydrogen-bond donors (Lipinski definition) is 1. The predicted octanol–water partition coefficient (Wildman–Crippen LogP) is 3.20. The van der Waals surface area contributed by atoms with Gasteiger partial charge in [-0.3, -0.25) is 4.79 Å². The van der Waals surface area contributed by atoms with Crippen molar-refractivity contribution < 1.29 is 4.79 Å². The molecule has 1 saturated heterocycles. The summed E-state index contributed by atoms with van der Waals surface area (Å²) in [6.45, 7) is 7.51. The zero-order valence-corrected chi connectivity index (χ0v) is 19.0. The minimum Gasteiger partial charge on any atom is -0.356 e. The summed E-state index contributed by atoms with van der Waals surface area (Å²) in [5.74, 6) is 2.93. The molecule has 3 aromatic heterocycles. The lowest BCUT2D eigenvalue weighted by atomic mass is 10.1. The van der Waals surface area contributed by atoms with Crippen LogP contribution >= 0.6 is 0 Å². The van der Waals surface area contributed by atoms with E-state index in [0.29, 0.717) is 42.1 Å². The van der Waals surface area contributed by atoms with Crippen LogP contribution in [0.25, 0.3) is 22.6 Å². The minimum atomic E-state index is -0.328. The highest BCUT2D eigenvalue weighted by Gasteiger charge is 2.41. The van der Waals surface area contributed by atoms with Gasteiger partial charge < -0.3 is 14.8 Å². The van der Waals surface area contributed by atoms with E-state index in [4.69, 9.17) is 4.98 Å². The van der Waals surface area contributed by atoms with Crippen LogP contribution in [0.1, 0.15) is 51.8 Å². The van der Waals surface area contributed by atoms with E-state index in [0.717, 1.165) is 36.4 Å². The van der Waals surface area contributed by atoms with Crippen LogP contribution in [-0.2, 0) is 11.3 Å². The molecule has 4 heterocycles. The Bertz CT molecular complexity index is 1120. The molecule has 0 radical (unpaired) electrons. The maximum Gasteiger partial charge on any atom is 0.245 e. The summed E-state index contributed by atoms with van der Waals surface area (Å²) in [7, 11) is 0. The molecule has 2 atom stereocenters. The number of amides is 1. The molecule has 1 amide bonds. The second kappa shape index (κ2) is 8.44. The fraction of sp³-hybridized carbons (Fsp3) is 0.565. The second-order valence-corrected chi connectivity index (χ2v) is 8.78. The quantitative estimate of drug-likeness (QED) is 0.609. The van der Waals surface area contributed by atoms with Crippen LogP contribution in [0, 0.1) is 12.8 Å². The van der Waals surface area contributed by atoms with Crippen molar-refractivity contribution in [3.8, 4) is 11.4 Å². The van der Waals surface area contributed by atoms with Crippen molar-refractivity contribution in [3.63, 3.8) is 0 Å². The molecule has 0 spiro atoms. The average Bonchev–Trinajstić information content (AvgIpc) is 3.40. The summed E-state index contributed by atoms with van der Waals surface area (Å²) in [6.07, 6.45) is 10.5. The van der Waals surface area contributed by atoms with Crippen LogP contribution in [0.15, 0.2) is 18.7 Å². The third-order valence-corrected chi connectivity index (χ3v) is 6.65. The number of anilines is 1. The molecule has 2 fully saturated rings. The van der Waals surface area contributed by atoms with Crippen molar-refractivity contribution in [2.45, 2.75) is 71.5 Å². The fourth-order valence-corrected chi connectivity index (χ4v) is 4.81. The Morgan fingerprint density at radius 3 is 2.62 bits per heavy atom. The number of aryl methyl sites for hydroxylation is 2. The van der Waals surface area contributed by atoms with Gasteiger partial charge in [0.1, 0.15) is 24.0 Å². The zero-order chi connectivity index (χ0) is 22.2. The minimum absolute atomic E-state index is 0.177. The molecule has 32 heavy (non-hydrogen) atoms. The molecule has 0 bridgehead atoms. The smallest absolute Gasteiger partial charge is 0.245 e. The van der Waals surface area contributed by atoms with Crippen molar-refractivity contribution in [1.29, 1.82) is 0 Å². The van der Waals surface area contributed by atoms with Crippen LogP contribution in [0.3, 0.4) is 0 Å². The summed E-state index contributed by atoms with van der Waals surface area (Å²) in [4.78, 5) is 38.0.